The summed E-state index contributed by atoms with van der Waals surface area (Å²) in [6.45, 7) is 3.04. The van der Waals surface area contributed by atoms with Crippen molar-refractivity contribution >= 4 is 9.84 Å². The fourth-order valence-corrected chi connectivity index (χ4v) is 2.87. The SMILES string of the molecule is C[C@H](NCc1ccc(S(C)(=O)=O)cc1)C1CCC1. The standard InChI is InChI=1S/C14H21NO2S/c1-11(13-4-3-5-13)15-10-12-6-8-14(9-7-12)18(2,16)17/h6-9,11,13,15H,3-5,10H2,1-2H3/t11-/m0/s1. The monoisotopic (exact) mass is 267 g/mol. The topological polar surface area (TPSA) is 46.2 Å². The summed E-state index contributed by atoms with van der Waals surface area (Å²) in [5.41, 5.74) is 1.13. The molecule has 1 aromatic rings. The van der Waals surface area contributed by atoms with E-state index in [0.717, 1.165) is 18.0 Å². The van der Waals surface area contributed by atoms with Gasteiger partial charge in [-0.3, -0.25) is 0 Å². The van der Waals surface area contributed by atoms with Gasteiger partial charge in [0.1, 0.15) is 0 Å². The lowest BCUT2D eigenvalue weighted by atomic mass is 9.80. The van der Waals surface area contributed by atoms with E-state index in [0.29, 0.717) is 10.9 Å². The van der Waals surface area contributed by atoms with Crippen LogP contribution >= 0.6 is 0 Å². The predicted molar refractivity (Wildman–Crippen MR) is 73.2 cm³/mol. The van der Waals surface area contributed by atoms with Gasteiger partial charge < -0.3 is 5.32 Å². The van der Waals surface area contributed by atoms with Crippen molar-refractivity contribution in [1.82, 2.24) is 5.32 Å². The maximum atomic E-state index is 11.3. The highest BCUT2D eigenvalue weighted by atomic mass is 32.2. The molecule has 3 nitrogen and oxygen atoms in total. The molecule has 0 amide bonds. The molecular formula is C14H21NO2S. The summed E-state index contributed by atoms with van der Waals surface area (Å²) < 4.78 is 22.7. The van der Waals surface area contributed by atoms with E-state index in [2.05, 4.69) is 12.2 Å². The molecular weight excluding hydrogens is 246 g/mol. The van der Waals surface area contributed by atoms with Crippen LogP contribution in [0.25, 0.3) is 0 Å². The highest BCUT2D eigenvalue weighted by Crippen LogP contribution is 2.29. The third kappa shape index (κ3) is 3.33. The zero-order valence-electron chi connectivity index (χ0n) is 11.0. The first-order chi connectivity index (χ1) is 8.47. The largest absolute Gasteiger partial charge is 0.310 e. The quantitative estimate of drug-likeness (QED) is 0.891. The molecule has 0 aromatic heterocycles. The molecule has 0 saturated heterocycles. The molecule has 100 valence electrons. The molecule has 1 N–H and O–H groups in total. The van der Waals surface area contributed by atoms with Crippen molar-refractivity contribution in [3.63, 3.8) is 0 Å². The van der Waals surface area contributed by atoms with Crippen LogP contribution in [0.5, 0.6) is 0 Å². The highest BCUT2D eigenvalue weighted by molar-refractivity contribution is 7.90. The second-order valence-corrected chi connectivity index (χ2v) is 7.29. The molecule has 0 heterocycles. The van der Waals surface area contributed by atoms with Crippen LogP contribution in [0.3, 0.4) is 0 Å². The first-order valence-corrected chi connectivity index (χ1v) is 8.38. The average Bonchev–Trinajstić information content (AvgIpc) is 2.23. The van der Waals surface area contributed by atoms with Crippen LogP contribution in [-0.2, 0) is 16.4 Å². The Bertz CT molecular complexity index is 489. The molecule has 1 saturated carbocycles. The van der Waals surface area contributed by atoms with Crippen LogP contribution in [0, 0.1) is 5.92 Å². The molecule has 1 aliphatic rings. The molecule has 1 aliphatic carbocycles. The number of benzene rings is 1. The van der Waals surface area contributed by atoms with Crippen molar-refractivity contribution in [2.24, 2.45) is 5.92 Å². The molecule has 2 rings (SSSR count). The molecule has 4 heteroatoms. The number of sulfone groups is 1. The lowest BCUT2D eigenvalue weighted by Crippen LogP contribution is -2.36. The maximum Gasteiger partial charge on any atom is 0.175 e. The molecule has 1 fully saturated rings. The zero-order chi connectivity index (χ0) is 13.2. The lowest BCUT2D eigenvalue weighted by Gasteiger charge is -2.32. The van der Waals surface area contributed by atoms with Crippen LogP contribution in [0.15, 0.2) is 29.2 Å². The van der Waals surface area contributed by atoms with Gasteiger partial charge in [0.15, 0.2) is 9.84 Å². The minimum Gasteiger partial charge on any atom is -0.310 e. The Hall–Kier alpha value is -0.870. The number of hydrogen-bond donors (Lipinski definition) is 1. The van der Waals surface area contributed by atoms with Crippen molar-refractivity contribution in [2.45, 2.75) is 43.7 Å². The van der Waals surface area contributed by atoms with Gasteiger partial charge in [0.2, 0.25) is 0 Å². The van der Waals surface area contributed by atoms with Crippen molar-refractivity contribution < 1.29 is 8.42 Å². The predicted octanol–water partition coefficient (Wildman–Crippen LogP) is 2.37. The Morgan fingerprint density at radius 3 is 2.33 bits per heavy atom. The van der Waals surface area contributed by atoms with E-state index in [1.165, 1.54) is 25.5 Å². The summed E-state index contributed by atoms with van der Waals surface area (Å²) in [6, 6.07) is 7.68. The van der Waals surface area contributed by atoms with E-state index in [1.807, 2.05) is 12.1 Å². The fourth-order valence-electron chi connectivity index (χ4n) is 2.24. The summed E-state index contributed by atoms with van der Waals surface area (Å²) >= 11 is 0. The number of hydrogen-bond acceptors (Lipinski definition) is 3. The Morgan fingerprint density at radius 2 is 1.89 bits per heavy atom. The smallest absolute Gasteiger partial charge is 0.175 e. The molecule has 0 bridgehead atoms. The van der Waals surface area contributed by atoms with Gasteiger partial charge in [0.25, 0.3) is 0 Å². The van der Waals surface area contributed by atoms with E-state index < -0.39 is 9.84 Å². The average molecular weight is 267 g/mol. The van der Waals surface area contributed by atoms with Crippen molar-refractivity contribution in [1.29, 1.82) is 0 Å². The maximum absolute atomic E-state index is 11.3. The molecule has 1 aromatic carbocycles. The second kappa shape index (κ2) is 5.41. The van der Waals surface area contributed by atoms with Crippen LogP contribution in [0.1, 0.15) is 31.7 Å². The summed E-state index contributed by atoms with van der Waals surface area (Å²) in [4.78, 5) is 0.387. The summed E-state index contributed by atoms with van der Waals surface area (Å²) in [7, 11) is -3.08. The summed E-state index contributed by atoms with van der Waals surface area (Å²) in [6.07, 6.45) is 5.26. The minimum atomic E-state index is -3.08. The Labute approximate surface area is 110 Å². The molecule has 1 atom stereocenters. The van der Waals surface area contributed by atoms with Gasteiger partial charge in [0.05, 0.1) is 4.90 Å². The van der Waals surface area contributed by atoms with E-state index in [-0.39, 0.29) is 0 Å². The second-order valence-electron chi connectivity index (χ2n) is 5.28. The third-order valence-electron chi connectivity index (χ3n) is 3.84. The third-order valence-corrected chi connectivity index (χ3v) is 4.97. The van der Waals surface area contributed by atoms with E-state index in [9.17, 15) is 8.42 Å². The van der Waals surface area contributed by atoms with Gasteiger partial charge in [-0.1, -0.05) is 18.6 Å². The van der Waals surface area contributed by atoms with Crippen LogP contribution in [0.4, 0.5) is 0 Å². The zero-order valence-corrected chi connectivity index (χ0v) is 11.8. The summed E-state index contributed by atoms with van der Waals surface area (Å²) in [5.74, 6) is 0.820. The minimum absolute atomic E-state index is 0.387. The Balaban J connectivity index is 1.90. The summed E-state index contributed by atoms with van der Waals surface area (Å²) in [5, 5.41) is 3.51. The number of rotatable bonds is 5. The van der Waals surface area contributed by atoms with Crippen molar-refractivity contribution in [3.05, 3.63) is 29.8 Å². The normalized spacial score (nSPS) is 18.3. The first kappa shape index (κ1) is 13.6. The van der Waals surface area contributed by atoms with E-state index >= 15 is 0 Å². The Morgan fingerprint density at radius 1 is 1.28 bits per heavy atom. The van der Waals surface area contributed by atoms with Crippen molar-refractivity contribution in [2.75, 3.05) is 6.26 Å². The van der Waals surface area contributed by atoms with E-state index in [4.69, 9.17) is 0 Å². The fraction of sp³-hybridized carbons (Fsp3) is 0.571. The molecule has 0 radical (unpaired) electrons. The molecule has 0 aliphatic heterocycles. The van der Waals surface area contributed by atoms with Gasteiger partial charge in [-0.05, 0) is 43.4 Å². The van der Waals surface area contributed by atoms with Gasteiger partial charge >= 0.3 is 0 Å². The lowest BCUT2D eigenvalue weighted by molar-refractivity contribution is 0.240. The van der Waals surface area contributed by atoms with Gasteiger partial charge in [-0.15, -0.1) is 0 Å². The highest BCUT2D eigenvalue weighted by Gasteiger charge is 2.23. The van der Waals surface area contributed by atoms with E-state index in [1.54, 1.807) is 12.1 Å². The van der Waals surface area contributed by atoms with Crippen LogP contribution < -0.4 is 5.32 Å². The molecule has 18 heavy (non-hydrogen) atoms. The first-order valence-electron chi connectivity index (χ1n) is 6.49. The molecule has 0 unspecified atom stereocenters. The Kier molecular flexibility index (Phi) is 4.07. The van der Waals surface area contributed by atoms with Crippen LogP contribution in [-0.4, -0.2) is 20.7 Å². The van der Waals surface area contributed by atoms with Gasteiger partial charge in [-0.2, -0.15) is 0 Å². The number of nitrogens with one attached hydrogen (secondary N) is 1. The van der Waals surface area contributed by atoms with Gasteiger partial charge in [0, 0.05) is 18.8 Å². The molecule has 0 spiro atoms. The van der Waals surface area contributed by atoms with Crippen molar-refractivity contribution in [3.8, 4) is 0 Å². The van der Waals surface area contributed by atoms with Crippen LogP contribution in [0.2, 0.25) is 0 Å². The van der Waals surface area contributed by atoms with Gasteiger partial charge in [-0.25, -0.2) is 8.42 Å².